The summed E-state index contributed by atoms with van der Waals surface area (Å²) in [6, 6.07) is 10.0. The van der Waals surface area contributed by atoms with Crippen LogP contribution in [0.4, 0.5) is 0 Å². The summed E-state index contributed by atoms with van der Waals surface area (Å²) in [6.45, 7) is 3.76. The van der Waals surface area contributed by atoms with E-state index in [1.807, 2.05) is 35.2 Å². The minimum absolute atomic E-state index is 0.153. The molecule has 0 saturated carbocycles. The average Bonchev–Trinajstić information content (AvgIpc) is 3.09. The number of carbonyl (C=O) groups is 1. The van der Waals surface area contributed by atoms with E-state index in [0.29, 0.717) is 5.92 Å². The van der Waals surface area contributed by atoms with Crippen molar-refractivity contribution in [2.75, 3.05) is 13.1 Å². The standard InChI is InChI=1S/C17H21N3O/c1-2-13-3-5-15(6-4-13)17(21)20-11-8-14(9-12-20)16-7-10-18-19-16/h3-7,10,14H,2,8-9,11-12H2,1H3,(H,18,19). The fourth-order valence-electron chi connectivity index (χ4n) is 2.95. The first kappa shape index (κ1) is 13.9. The molecule has 1 aliphatic heterocycles. The number of piperidine rings is 1. The Labute approximate surface area is 125 Å². The summed E-state index contributed by atoms with van der Waals surface area (Å²) in [5, 5.41) is 7.05. The number of aromatic nitrogens is 2. The topological polar surface area (TPSA) is 49.0 Å². The number of hydrogen-bond donors (Lipinski definition) is 1. The van der Waals surface area contributed by atoms with Gasteiger partial charge in [-0.2, -0.15) is 5.10 Å². The summed E-state index contributed by atoms with van der Waals surface area (Å²) in [5.41, 5.74) is 3.26. The molecule has 3 rings (SSSR count). The lowest BCUT2D eigenvalue weighted by Gasteiger charge is -2.31. The molecule has 0 bridgehead atoms. The van der Waals surface area contributed by atoms with E-state index in [1.165, 1.54) is 11.3 Å². The van der Waals surface area contributed by atoms with Gasteiger partial charge < -0.3 is 4.90 Å². The second-order valence-electron chi connectivity index (χ2n) is 5.63. The van der Waals surface area contributed by atoms with Crippen LogP contribution in [0.15, 0.2) is 36.5 Å². The molecule has 0 spiro atoms. The van der Waals surface area contributed by atoms with Gasteiger partial charge in [-0.25, -0.2) is 0 Å². The maximum atomic E-state index is 12.5. The van der Waals surface area contributed by atoms with Crippen molar-refractivity contribution in [3.63, 3.8) is 0 Å². The Morgan fingerprint density at radius 2 is 1.95 bits per heavy atom. The molecule has 1 N–H and O–H groups in total. The minimum atomic E-state index is 0.153. The molecule has 0 aliphatic carbocycles. The number of benzene rings is 1. The summed E-state index contributed by atoms with van der Waals surface area (Å²) >= 11 is 0. The van der Waals surface area contributed by atoms with Crippen LogP contribution in [-0.4, -0.2) is 34.1 Å². The molecule has 0 radical (unpaired) electrons. The second-order valence-corrected chi connectivity index (χ2v) is 5.63. The average molecular weight is 283 g/mol. The molecule has 110 valence electrons. The summed E-state index contributed by atoms with van der Waals surface area (Å²) in [6.07, 6.45) is 4.80. The predicted molar refractivity (Wildman–Crippen MR) is 82.3 cm³/mol. The number of carbonyl (C=O) groups excluding carboxylic acids is 1. The van der Waals surface area contributed by atoms with Crippen LogP contribution in [0.1, 0.15) is 47.3 Å². The summed E-state index contributed by atoms with van der Waals surface area (Å²) in [4.78, 5) is 14.5. The van der Waals surface area contributed by atoms with E-state index in [-0.39, 0.29) is 5.91 Å². The smallest absolute Gasteiger partial charge is 0.253 e. The molecule has 0 atom stereocenters. The first-order valence-electron chi connectivity index (χ1n) is 7.65. The normalized spacial score (nSPS) is 16.1. The molecule has 1 amide bonds. The number of amides is 1. The van der Waals surface area contributed by atoms with E-state index >= 15 is 0 Å². The Morgan fingerprint density at radius 3 is 2.52 bits per heavy atom. The van der Waals surface area contributed by atoms with E-state index in [9.17, 15) is 4.79 Å². The van der Waals surface area contributed by atoms with Gasteiger partial charge in [-0.15, -0.1) is 0 Å². The third-order valence-corrected chi connectivity index (χ3v) is 4.35. The fourth-order valence-corrected chi connectivity index (χ4v) is 2.95. The minimum Gasteiger partial charge on any atom is -0.339 e. The van der Waals surface area contributed by atoms with Crippen molar-refractivity contribution in [2.45, 2.75) is 32.1 Å². The maximum Gasteiger partial charge on any atom is 0.253 e. The highest BCUT2D eigenvalue weighted by Crippen LogP contribution is 2.27. The van der Waals surface area contributed by atoms with E-state index < -0.39 is 0 Å². The lowest BCUT2D eigenvalue weighted by atomic mass is 9.93. The Bertz CT molecular complexity index is 581. The van der Waals surface area contributed by atoms with Crippen LogP contribution in [0.2, 0.25) is 0 Å². The molecule has 2 heterocycles. The van der Waals surface area contributed by atoms with Gasteiger partial charge in [0.2, 0.25) is 0 Å². The van der Waals surface area contributed by atoms with Crippen LogP contribution in [-0.2, 0) is 6.42 Å². The van der Waals surface area contributed by atoms with Crippen molar-refractivity contribution in [3.8, 4) is 0 Å². The summed E-state index contributed by atoms with van der Waals surface area (Å²) in [5.74, 6) is 0.653. The number of likely N-dealkylation sites (tertiary alicyclic amines) is 1. The number of aryl methyl sites for hydroxylation is 1. The van der Waals surface area contributed by atoms with Gasteiger partial charge in [0.25, 0.3) is 5.91 Å². The van der Waals surface area contributed by atoms with Crippen LogP contribution >= 0.6 is 0 Å². The Morgan fingerprint density at radius 1 is 1.24 bits per heavy atom. The monoisotopic (exact) mass is 283 g/mol. The van der Waals surface area contributed by atoms with Crippen LogP contribution < -0.4 is 0 Å². The molecular weight excluding hydrogens is 262 g/mol. The molecular formula is C17H21N3O. The first-order valence-corrected chi connectivity index (χ1v) is 7.65. The number of rotatable bonds is 3. The van der Waals surface area contributed by atoms with Crippen molar-refractivity contribution in [3.05, 3.63) is 53.3 Å². The van der Waals surface area contributed by atoms with Crippen LogP contribution in [0.3, 0.4) is 0 Å². The van der Waals surface area contributed by atoms with E-state index in [0.717, 1.165) is 37.9 Å². The molecule has 1 aromatic heterocycles. The highest BCUT2D eigenvalue weighted by Gasteiger charge is 2.25. The molecule has 1 aromatic carbocycles. The molecule has 1 fully saturated rings. The number of nitrogens with one attached hydrogen (secondary N) is 1. The second kappa shape index (κ2) is 6.12. The van der Waals surface area contributed by atoms with Crippen LogP contribution in [0, 0.1) is 0 Å². The Kier molecular flexibility index (Phi) is 4.04. The van der Waals surface area contributed by atoms with Crippen molar-refractivity contribution in [1.29, 1.82) is 0 Å². The van der Waals surface area contributed by atoms with Gasteiger partial charge >= 0.3 is 0 Å². The molecule has 4 nitrogen and oxygen atoms in total. The fraction of sp³-hybridized carbons (Fsp3) is 0.412. The lowest BCUT2D eigenvalue weighted by Crippen LogP contribution is -2.38. The quantitative estimate of drug-likeness (QED) is 0.941. The van der Waals surface area contributed by atoms with Gasteiger partial charge in [-0.1, -0.05) is 19.1 Å². The van der Waals surface area contributed by atoms with Gasteiger partial charge in [-0.3, -0.25) is 9.89 Å². The van der Waals surface area contributed by atoms with E-state index in [2.05, 4.69) is 17.1 Å². The van der Waals surface area contributed by atoms with Gasteiger partial charge in [0.05, 0.1) is 0 Å². The highest BCUT2D eigenvalue weighted by molar-refractivity contribution is 5.94. The predicted octanol–water partition coefficient (Wildman–Crippen LogP) is 2.99. The van der Waals surface area contributed by atoms with Crippen molar-refractivity contribution in [1.82, 2.24) is 15.1 Å². The number of hydrogen-bond acceptors (Lipinski definition) is 2. The number of nitrogens with zero attached hydrogens (tertiary/aromatic N) is 2. The van der Waals surface area contributed by atoms with E-state index in [1.54, 1.807) is 6.20 Å². The maximum absolute atomic E-state index is 12.5. The summed E-state index contributed by atoms with van der Waals surface area (Å²) in [7, 11) is 0. The van der Waals surface area contributed by atoms with Crippen molar-refractivity contribution < 1.29 is 4.79 Å². The van der Waals surface area contributed by atoms with Gasteiger partial charge in [0.1, 0.15) is 0 Å². The highest BCUT2D eigenvalue weighted by atomic mass is 16.2. The lowest BCUT2D eigenvalue weighted by molar-refractivity contribution is 0.0712. The van der Waals surface area contributed by atoms with Gasteiger partial charge in [-0.05, 0) is 43.0 Å². The van der Waals surface area contributed by atoms with Gasteiger partial charge in [0, 0.05) is 36.5 Å². The Balaban J connectivity index is 1.62. The summed E-state index contributed by atoms with van der Waals surface area (Å²) < 4.78 is 0. The zero-order chi connectivity index (χ0) is 14.7. The zero-order valence-electron chi connectivity index (χ0n) is 12.4. The van der Waals surface area contributed by atoms with Crippen LogP contribution in [0.5, 0.6) is 0 Å². The molecule has 0 unspecified atom stereocenters. The molecule has 1 saturated heterocycles. The first-order chi connectivity index (χ1) is 10.3. The SMILES string of the molecule is CCc1ccc(C(=O)N2CCC(c3ccn[nH]3)CC2)cc1. The zero-order valence-corrected chi connectivity index (χ0v) is 12.4. The third-order valence-electron chi connectivity index (χ3n) is 4.35. The molecule has 2 aromatic rings. The van der Waals surface area contributed by atoms with Gasteiger partial charge in [0.15, 0.2) is 0 Å². The third kappa shape index (κ3) is 2.99. The molecule has 1 aliphatic rings. The number of aromatic amines is 1. The Hall–Kier alpha value is -2.10. The van der Waals surface area contributed by atoms with Crippen molar-refractivity contribution in [2.24, 2.45) is 0 Å². The van der Waals surface area contributed by atoms with Crippen molar-refractivity contribution >= 4 is 5.91 Å². The molecule has 4 heteroatoms. The number of H-pyrrole nitrogens is 1. The van der Waals surface area contributed by atoms with Crippen LogP contribution in [0.25, 0.3) is 0 Å². The largest absolute Gasteiger partial charge is 0.339 e. The molecule has 21 heavy (non-hydrogen) atoms. The van der Waals surface area contributed by atoms with E-state index in [4.69, 9.17) is 0 Å².